The molecule has 2 heterocycles. The van der Waals surface area contributed by atoms with Crippen LogP contribution < -0.4 is 15.6 Å². The van der Waals surface area contributed by atoms with Crippen molar-refractivity contribution < 1.29 is 9.53 Å². The van der Waals surface area contributed by atoms with Gasteiger partial charge < -0.3 is 10.1 Å². The fraction of sp³-hybridized carbons (Fsp3) is 0.296. The van der Waals surface area contributed by atoms with Gasteiger partial charge in [0.2, 0.25) is 5.91 Å². The highest BCUT2D eigenvalue weighted by atomic mass is 79.9. The Labute approximate surface area is 226 Å². The van der Waals surface area contributed by atoms with Gasteiger partial charge in [0.05, 0.1) is 23.4 Å². The number of aryl methyl sites for hydroxylation is 1. The molecule has 1 amide bonds. The van der Waals surface area contributed by atoms with E-state index in [9.17, 15) is 9.59 Å². The first-order valence-electron chi connectivity index (χ1n) is 11.9. The predicted octanol–water partition coefficient (Wildman–Crippen LogP) is 6.46. The van der Waals surface area contributed by atoms with Gasteiger partial charge in [-0.05, 0) is 80.1 Å². The van der Waals surface area contributed by atoms with E-state index in [1.165, 1.54) is 16.6 Å². The lowest BCUT2D eigenvalue weighted by molar-refractivity contribution is -0.113. The normalized spacial score (nSPS) is 15.0. The molecule has 6 nitrogen and oxygen atoms in total. The van der Waals surface area contributed by atoms with Crippen LogP contribution >= 0.6 is 39.0 Å². The Balaban J connectivity index is 1.52. The minimum Gasteiger partial charge on any atom is -0.494 e. The van der Waals surface area contributed by atoms with Crippen LogP contribution in [0.3, 0.4) is 0 Å². The number of nitrogens with one attached hydrogen (secondary N) is 1. The van der Waals surface area contributed by atoms with E-state index in [-0.39, 0.29) is 17.2 Å². The molecule has 0 saturated carbocycles. The molecule has 2 aromatic heterocycles. The number of nitrogens with zero attached hydrogens (tertiary/aromatic N) is 2. The molecule has 0 spiro atoms. The summed E-state index contributed by atoms with van der Waals surface area (Å²) in [6.07, 6.45) is 2.96. The zero-order chi connectivity index (χ0) is 25.2. The number of rotatable bonds is 7. The Morgan fingerprint density at radius 2 is 2.08 bits per heavy atom. The molecule has 0 radical (unpaired) electrons. The van der Waals surface area contributed by atoms with Gasteiger partial charge in [-0.3, -0.25) is 14.2 Å². The van der Waals surface area contributed by atoms with E-state index in [1.54, 1.807) is 15.9 Å². The van der Waals surface area contributed by atoms with Crippen molar-refractivity contribution in [3.63, 3.8) is 0 Å². The number of anilines is 1. The van der Waals surface area contributed by atoms with Crippen LogP contribution in [0.1, 0.15) is 30.7 Å². The average Bonchev–Trinajstić information content (AvgIpc) is 3.21. The zero-order valence-corrected chi connectivity index (χ0v) is 23.3. The average molecular weight is 585 g/mol. The number of thiophene rings is 1. The maximum atomic E-state index is 13.9. The standard InChI is InChI=1S/C27H26BrN3O3S2/c1-3-34-20-10-8-19(9-11-20)31-26(33)24-21-12-7-16(2)13-22(21)36-25(24)30-27(31)35-15-23(32)29-18-6-4-5-17(28)14-18/h4-6,8-11,14,16H,3,7,12-13,15H2,1-2H3,(H,29,32). The Kier molecular flexibility index (Phi) is 7.50. The van der Waals surface area contributed by atoms with Crippen molar-refractivity contribution >= 4 is 60.8 Å². The minimum atomic E-state index is -0.162. The van der Waals surface area contributed by atoms with E-state index in [4.69, 9.17) is 9.72 Å². The topological polar surface area (TPSA) is 73.2 Å². The largest absolute Gasteiger partial charge is 0.494 e. The van der Waals surface area contributed by atoms with Gasteiger partial charge >= 0.3 is 0 Å². The number of hydrogen-bond donors (Lipinski definition) is 1. The summed E-state index contributed by atoms with van der Waals surface area (Å²) in [6, 6.07) is 14.9. The van der Waals surface area contributed by atoms with Gasteiger partial charge in [0.1, 0.15) is 10.6 Å². The molecule has 0 saturated heterocycles. The van der Waals surface area contributed by atoms with Crippen molar-refractivity contribution in [3.05, 3.63) is 73.8 Å². The second-order valence-corrected chi connectivity index (χ2v) is 11.8. The SMILES string of the molecule is CCOc1ccc(-n2c(SCC(=O)Nc3cccc(Br)c3)nc3sc4c(c3c2=O)CCC(C)C4)cc1. The fourth-order valence-corrected chi connectivity index (χ4v) is 7.08. The Bertz CT molecular complexity index is 1480. The van der Waals surface area contributed by atoms with E-state index in [1.807, 2.05) is 55.5 Å². The molecule has 2 aromatic carbocycles. The smallest absolute Gasteiger partial charge is 0.267 e. The van der Waals surface area contributed by atoms with Crippen LogP contribution in [0, 0.1) is 5.92 Å². The van der Waals surface area contributed by atoms with Gasteiger partial charge in [0.15, 0.2) is 5.16 Å². The Morgan fingerprint density at radius 1 is 1.28 bits per heavy atom. The highest BCUT2D eigenvalue weighted by molar-refractivity contribution is 9.10. The first kappa shape index (κ1) is 25.0. The molecule has 1 aliphatic rings. The van der Waals surface area contributed by atoms with Gasteiger partial charge in [-0.2, -0.15) is 0 Å². The summed E-state index contributed by atoms with van der Waals surface area (Å²) in [4.78, 5) is 33.6. The summed E-state index contributed by atoms with van der Waals surface area (Å²) in [7, 11) is 0. The van der Waals surface area contributed by atoms with E-state index >= 15 is 0 Å². The van der Waals surface area contributed by atoms with Crippen molar-refractivity contribution in [1.29, 1.82) is 0 Å². The van der Waals surface area contributed by atoms with Gasteiger partial charge in [0.25, 0.3) is 5.56 Å². The first-order chi connectivity index (χ1) is 17.4. The monoisotopic (exact) mass is 583 g/mol. The summed E-state index contributed by atoms with van der Waals surface area (Å²) < 4.78 is 8.11. The number of amides is 1. The second-order valence-electron chi connectivity index (χ2n) is 8.84. The number of aromatic nitrogens is 2. The second kappa shape index (κ2) is 10.8. The number of halogens is 1. The van der Waals surface area contributed by atoms with Crippen LogP contribution in [-0.4, -0.2) is 27.8 Å². The van der Waals surface area contributed by atoms with Crippen LogP contribution in [0.4, 0.5) is 5.69 Å². The third-order valence-electron chi connectivity index (χ3n) is 6.15. The van der Waals surface area contributed by atoms with Crippen LogP contribution in [-0.2, 0) is 17.6 Å². The van der Waals surface area contributed by atoms with E-state index < -0.39 is 0 Å². The zero-order valence-electron chi connectivity index (χ0n) is 20.0. The summed E-state index contributed by atoms with van der Waals surface area (Å²) >= 11 is 6.31. The first-order valence-corrected chi connectivity index (χ1v) is 14.5. The van der Waals surface area contributed by atoms with Crippen LogP contribution in [0.25, 0.3) is 15.9 Å². The number of ether oxygens (including phenoxy) is 1. The molecular weight excluding hydrogens is 558 g/mol. The molecule has 4 aromatic rings. The highest BCUT2D eigenvalue weighted by Crippen LogP contribution is 2.37. The molecular formula is C27H26BrN3O3S2. The summed E-state index contributed by atoms with van der Waals surface area (Å²) in [5.41, 5.74) is 2.49. The van der Waals surface area contributed by atoms with Crippen LogP contribution in [0.2, 0.25) is 0 Å². The molecule has 1 N–H and O–H groups in total. The number of hydrogen-bond acceptors (Lipinski definition) is 6. The van der Waals surface area contributed by atoms with E-state index in [2.05, 4.69) is 28.2 Å². The third kappa shape index (κ3) is 5.23. The van der Waals surface area contributed by atoms with Crippen molar-refractivity contribution in [1.82, 2.24) is 9.55 Å². The van der Waals surface area contributed by atoms with Gasteiger partial charge in [0, 0.05) is 15.0 Å². The van der Waals surface area contributed by atoms with Gasteiger partial charge in [-0.15, -0.1) is 11.3 Å². The van der Waals surface area contributed by atoms with Gasteiger partial charge in [-0.1, -0.05) is 40.7 Å². The lowest BCUT2D eigenvalue weighted by atomic mass is 9.89. The van der Waals surface area contributed by atoms with Crippen LogP contribution in [0.15, 0.2) is 63.0 Å². The molecule has 9 heteroatoms. The van der Waals surface area contributed by atoms with E-state index in [0.717, 1.165) is 45.3 Å². The quantitative estimate of drug-likeness (QED) is 0.199. The third-order valence-corrected chi connectivity index (χ3v) is 8.73. The number of carbonyl (C=O) groups excluding carboxylic acids is 1. The maximum Gasteiger partial charge on any atom is 0.267 e. The Hall–Kier alpha value is -2.62. The van der Waals surface area contributed by atoms with Gasteiger partial charge in [-0.25, -0.2) is 4.98 Å². The summed E-state index contributed by atoms with van der Waals surface area (Å²) in [5, 5.41) is 4.14. The maximum absolute atomic E-state index is 13.9. The van der Waals surface area contributed by atoms with Crippen LogP contribution in [0.5, 0.6) is 5.75 Å². The molecule has 0 fully saturated rings. The van der Waals surface area contributed by atoms with Crippen molar-refractivity contribution in [2.45, 2.75) is 38.3 Å². The Morgan fingerprint density at radius 3 is 2.83 bits per heavy atom. The van der Waals surface area contributed by atoms with Crippen molar-refractivity contribution in [3.8, 4) is 11.4 Å². The molecule has 36 heavy (non-hydrogen) atoms. The molecule has 5 rings (SSSR count). The molecule has 186 valence electrons. The van der Waals surface area contributed by atoms with Crippen molar-refractivity contribution in [2.24, 2.45) is 5.92 Å². The number of carbonyl (C=O) groups is 1. The molecule has 1 atom stereocenters. The number of fused-ring (bicyclic) bond motifs is 3. The summed E-state index contributed by atoms with van der Waals surface area (Å²) in [6.45, 7) is 4.76. The molecule has 1 unspecified atom stereocenters. The van der Waals surface area contributed by atoms with Crippen molar-refractivity contribution in [2.75, 3.05) is 17.7 Å². The predicted molar refractivity (Wildman–Crippen MR) is 151 cm³/mol. The highest BCUT2D eigenvalue weighted by Gasteiger charge is 2.25. The molecule has 0 bridgehead atoms. The molecule has 1 aliphatic carbocycles. The minimum absolute atomic E-state index is 0.0777. The number of benzene rings is 2. The lowest BCUT2D eigenvalue weighted by Crippen LogP contribution is -2.23. The lowest BCUT2D eigenvalue weighted by Gasteiger charge is -2.18. The summed E-state index contributed by atoms with van der Waals surface area (Å²) in [5.74, 6) is 1.32. The number of thioether (sulfide) groups is 1. The van der Waals surface area contributed by atoms with E-state index in [0.29, 0.717) is 29.1 Å². The fourth-order valence-electron chi connectivity index (χ4n) is 4.45. The molecule has 0 aliphatic heterocycles.